The van der Waals surface area contributed by atoms with E-state index < -0.39 is 20.6 Å². The lowest BCUT2D eigenvalue weighted by Crippen LogP contribution is -2.33. The minimum atomic E-state index is -1.80. The Morgan fingerprint density at radius 3 is 1.31 bits per heavy atom. The maximum absolute atomic E-state index is 10.9. The van der Waals surface area contributed by atoms with E-state index in [1.165, 1.54) is 0 Å². The zero-order valence-corrected chi connectivity index (χ0v) is 9.76. The van der Waals surface area contributed by atoms with Gasteiger partial charge in [-0.15, -0.1) is 0 Å². The van der Waals surface area contributed by atoms with Crippen molar-refractivity contribution in [1.29, 1.82) is 0 Å². The van der Waals surface area contributed by atoms with Crippen LogP contribution in [-0.4, -0.2) is 20.6 Å². The lowest BCUT2D eigenvalue weighted by atomic mass is 10.4. The summed E-state index contributed by atoms with van der Waals surface area (Å²) in [5.74, 6) is -2.23. The van der Waals surface area contributed by atoms with E-state index in [0.29, 0.717) is 0 Å². The molecule has 0 heterocycles. The van der Waals surface area contributed by atoms with E-state index in [4.69, 9.17) is 46.4 Å². The van der Waals surface area contributed by atoms with E-state index in [1.54, 1.807) is 0 Å². The summed E-state index contributed by atoms with van der Waals surface area (Å²) in [5, 5.41) is 0. The molecule has 0 N–H and O–H groups in total. The lowest BCUT2D eigenvalue weighted by Gasteiger charge is -2.14. The second kappa shape index (κ2) is 4.22. The maximum atomic E-state index is 10.9. The van der Waals surface area contributed by atoms with Crippen molar-refractivity contribution in [2.45, 2.75) is 22.5 Å². The zero-order valence-electron chi connectivity index (χ0n) is 6.74. The molecular weight excluding hydrogens is 262 g/mol. The molecule has 0 amide bonds. The predicted octanol–water partition coefficient (Wildman–Crippen LogP) is 2.44. The number of ether oxygens (including phenoxy) is 1. The SMILES string of the molecule is CC(Cl)(Cl)C(=O)OC(=O)C(C)(Cl)Cl. The summed E-state index contributed by atoms with van der Waals surface area (Å²) in [7, 11) is 0. The van der Waals surface area contributed by atoms with Crippen LogP contribution in [0.4, 0.5) is 0 Å². The molecule has 0 radical (unpaired) electrons. The van der Waals surface area contributed by atoms with Crippen molar-refractivity contribution < 1.29 is 14.3 Å². The lowest BCUT2D eigenvalue weighted by molar-refractivity contribution is -0.160. The van der Waals surface area contributed by atoms with Gasteiger partial charge >= 0.3 is 11.9 Å². The average molecular weight is 268 g/mol. The van der Waals surface area contributed by atoms with Gasteiger partial charge in [0.2, 0.25) is 8.67 Å². The molecule has 0 aliphatic carbocycles. The van der Waals surface area contributed by atoms with E-state index in [9.17, 15) is 9.59 Å². The molecule has 0 aromatic carbocycles. The fourth-order valence-electron chi connectivity index (χ4n) is 0.263. The standard InChI is InChI=1S/C6H6Cl4O3/c1-5(7,8)3(11)13-4(12)6(2,9)10/h1-2H3. The third kappa shape index (κ3) is 4.91. The van der Waals surface area contributed by atoms with E-state index in [2.05, 4.69) is 4.74 Å². The Bertz CT molecular complexity index is 201. The van der Waals surface area contributed by atoms with Crippen LogP contribution in [0, 0.1) is 0 Å². The molecule has 0 saturated carbocycles. The highest BCUT2D eigenvalue weighted by Gasteiger charge is 2.37. The van der Waals surface area contributed by atoms with Gasteiger partial charge in [0, 0.05) is 0 Å². The van der Waals surface area contributed by atoms with Crippen molar-refractivity contribution in [2.24, 2.45) is 0 Å². The predicted molar refractivity (Wildman–Crippen MR) is 51.3 cm³/mol. The Kier molecular flexibility index (Phi) is 4.31. The molecule has 0 bridgehead atoms. The first kappa shape index (κ1) is 13.3. The van der Waals surface area contributed by atoms with Crippen LogP contribution in [0.3, 0.4) is 0 Å². The normalized spacial score (nSPS) is 12.5. The van der Waals surface area contributed by atoms with Crippen LogP contribution < -0.4 is 0 Å². The fraction of sp³-hybridized carbons (Fsp3) is 0.667. The number of halogens is 4. The first-order valence-corrected chi connectivity index (χ1v) is 4.58. The van der Waals surface area contributed by atoms with Gasteiger partial charge in [-0.25, -0.2) is 9.59 Å². The molecule has 0 aliphatic rings. The van der Waals surface area contributed by atoms with Crippen molar-refractivity contribution >= 4 is 58.3 Å². The second-order valence-electron chi connectivity index (χ2n) is 2.45. The van der Waals surface area contributed by atoms with Crippen LogP contribution >= 0.6 is 46.4 Å². The highest BCUT2D eigenvalue weighted by molar-refractivity contribution is 6.59. The summed E-state index contributed by atoms with van der Waals surface area (Å²) >= 11 is 21.3. The van der Waals surface area contributed by atoms with E-state index >= 15 is 0 Å². The molecule has 0 aliphatic heterocycles. The van der Waals surface area contributed by atoms with E-state index in [0.717, 1.165) is 13.8 Å². The van der Waals surface area contributed by atoms with Gasteiger partial charge in [-0.1, -0.05) is 46.4 Å². The molecule has 0 fully saturated rings. The quantitative estimate of drug-likeness (QED) is 0.439. The minimum absolute atomic E-state index is 1.12. The van der Waals surface area contributed by atoms with Crippen LogP contribution in [0.15, 0.2) is 0 Å². The molecule has 7 heteroatoms. The summed E-state index contributed by atoms with van der Waals surface area (Å²) in [4.78, 5) is 21.8. The van der Waals surface area contributed by atoms with Crippen LogP contribution in [0.5, 0.6) is 0 Å². The van der Waals surface area contributed by atoms with Crippen LogP contribution in [0.1, 0.15) is 13.8 Å². The third-order valence-electron chi connectivity index (χ3n) is 0.902. The third-order valence-corrected chi connectivity index (χ3v) is 1.52. The van der Waals surface area contributed by atoms with E-state index in [-0.39, 0.29) is 0 Å². The van der Waals surface area contributed by atoms with Crippen molar-refractivity contribution in [2.75, 3.05) is 0 Å². The summed E-state index contributed by atoms with van der Waals surface area (Å²) in [5.41, 5.74) is 0. The largest absolute Gasteiger partial charge is 0.389 e. The van der Waals surface area contributed by atoms with Crippen LogP contribution in [-0.2, 0) is 14.3 Å². The molecule has 0 saturated heterocycles. The number of rotatable bonds is 2. The Labute approximate surface area is 95.2 Å². The summed E-state index contributed by atoms with van der Waals surface area (Å²) in [6.07, 6.45) is 0. The number of hydrogen-bond acceptors (Lipinski definition) is 3. The average Bonchev–Trinajstić information content (AvgIpc) is 1.82. The Morgan fingerprint density at radius 1 is 0.923 bits per heavy atom. The summed E-state index contributed by atoms with van der Waals surface area (Å²) < 4.78 is 0.580. The molecular formula is C6H6Cl4O3. The van der Waals surface area contributed by atoms with Crippen molar-refractivity contribution in [3.8, 4) is 0 Å². The molecule has 0 aromatic heterocycles. The highest BCUT2D eigenvalue weighted by atomic mass is 35.5. The number of esters is 2. The maximum Gasteiger partial charge on any atom is 0.350 e. The molecule has 76 valence electrons. The molecule has 0 aromatic rings. The van der Waals surface area contributed by atoms with Gasteiger partial charge in [-0.2, -0.15) is 0 Å². The fourth-order valence-corrected chi connectivity index (χ4v) is 0.418. The van der Waals surface area contributed by atoms with Crippen molar-refractivity contribution in [3.05, 3.63) is 0 Å². The minimum Gasteiger partial charge on any atom is -0.389 e. The number of carbonyl (C=O) groups is 2. The van der Waals surface area contributed by atoms with Gasteiger partial charge in [-0.3, -0.25) is 0 Å². The molecule has 13 heavy (non-hydrogen) atoms. The van der Waals surface area contributed by atoms with Crippen molar-refractivity contribution in [3.63, 3.8) is 0 Å². The van der Waals surface area contributed by atoms with Gasteiger partial charge in [0.05, 0.1) is 0 Å². The van der Waals surface area contributed by atoms with Gasteiger partial charge in [0.25, 0.3) is 0 Å². The van der Waals surface area contributed by atoms with E-state index in [1.807, 2.05) is 0 Å². The number of hydrogen-bond donors (Lipinski definition) is 0. The summed E-state index contributed by atoms with van der Waals surface area (Å²) in [6, 6.07) is 0. The van der Waals surface area contributed by atoms with Gasteiger partial charge in [-0.05, 0) is 13.8 Å². The highest BCUT2D eigenvalue weighted by Crippen LogP contribution is 2.25. The zero-order chi connectivity index (χ0) is 10.9. The Morgan fingerprint density at radius 2 is 1.15 bits per heavy atom. The Hall–Kier alpha value is 0.300. The molecule has 0 spiro atoms. The second-order valence-corrected chi connectivity index (χ2v) is 5.86. The topological polar surface area (TPSA) is 43.4 Å². The first-order chi connectivity index (χ1) is 5.55. The van der Waals surface area contributed by atoms with Crippen LogP contribution in [0.25, 0.3) is 0 Å². The van der Waals surface area contributed by atoms with Crippen LogP contribution in [0.2, 0.25) is 0 Å². The smallest absolute Gasteiger partial charge is 0.350 e. The molecule has 0 rings (SSSR count). The molecule has 0 atom stereocenters. The van der Waals surface area contributed by atoms with Gasteiger partial charge < -0.3 is 4.74 Å². The molecule has 0 unspecified atom stereocenters. The number of alkyl halides is 4. The number of carbonyl (C=O) groups excluding carboxylic acids is 2. The molecule has 3 nitrogen and oxygen atoms in total. The van der Waals surface area contributed by atoms with Gasteiger partial charge in [0.1, 0.15) is 0 Å². The van der Waals surface area contributed by atoms with Gasteiger partial charge in [0.15, 0.2) is 0 Å². The summed E-state index contributed by atoms with van der Waals surface area (Å²) in [6.45, 7) is 2.32. The monoisotopic (exact) mass is 266 g/mol. The first-order valence-electron chi connectivity index (χ1n) is 3.07. The Balaban J connectivity index is 4.34. The van der Waals surface area contributed by atoms with Crippen molar-refractivity contribution in [1.82, 2.24) is 0 Å².